The third kappa shape index (κ3) is 2.82. The standard InChI is InChI=1S/C11H14N2O2S/c14-10-2-1-9(13-10)11(15)12-5-3-8-4-6-16-7-8/h4,6-7,9H,1-3,5H2,(H,12,15)(H,13,14). The van der Waals surface area contributed by atoms with Gasteiger partial charge in [-0.1, -0.05) is 0 Å². The van der Waals surface area contributed by atoms with E-state index in [1.807, 2.05) is 11.4 Å². The van der Waals surface area contributed by atoms with Crippen LogP contribution in [0.2, 0.25) is 0 Å². The minimum atomic E-state index is -0.324. The summed E-state index contributed by atoms with van der Waals surface area (Å²) in [5.74, 6) is -0.0981. The van der Waals surface area contributed by atoms with Crippen molar-refractivity contribution in [1.82, 2.24) is 10.6 Å². The van der Waals surface area contributed by atoms with Gasteiger partial charge in [0, 0.05) is 13.0 Å². The Hall–Kier alpha value is -1.36. The fraction of sp³-hybridized carbons (Fsp3) is 0.455. The topological polar surface area (TPSA) is 58.2 Å². The molecule has 1 aliphatic rings. The Morgan fingerprint density at radius 2 is 2.50 bits per heavy atom. The minimum absolute atomic E-state index is 0.0296. The average Bonchev–Trinajstić information content (AvgIpc) is 2.89. The summed E-state index contributed by atoms with van der Waals surface area (Å²) in [7, 11) is 0. The molecular weight excluding hydrogens is 224 g/mol. The Morgan fingerprint density at radius 3 is 3.12 bits per heavy atom. The first kappa shape index (κ1) is 11.1. The Balaban J connectivity index is 1.70. The summed E-state index contributed by atoms with van der Waals surface area (Å²) >= 11 is 1.65. The third-order valence-corrected chi connectivity index (χ3v) is 3.34. The van der Waals surface area contributed by atoms with E-state index >= 15 is 0 Å². The van der Waals surface area contributed by atoms with Gasteiger partial charge in [-0.15, -0.1) is 0 Å². The highest BCUT2D eigenvalue weighted by molar-refractivity contribution is 7.07. The normalized spacial score (nSPS) is 19.5. The third-order valence-electron chi connectivity index (χ3n) is 2.60. The molecule has 1 atom stereocenters. The van der Waals surface area contributed by atoms with Gasteiger partial charge in [0.1, 0.15) is 6.04 Å². The average molecular weight is 238 g/mol. The summed E-state index contributed by atoms with van der Waals surface area (Å²) < 4.78 is 0. The van der Waals surface area contributed by atoms with Crippen LogP contribution in [0.1, 0.15) is 18.4 Å². The van der Waals surface area contributed by atoms with E-state index in [9.17, 15) is 9.59 Å². The number of hydrogen-bond donors (Lipinski definition) is 2. The number of amides is 2. The van der Waals surface area contributed by atoms with E-state index in [4.69, 9.17) is 0 Å². The highest BCUT2D eigenvalue weighted by atomic mass is 32.1. The van der Waals surface area contributed by atoms with Crippen LogP contribution in [-0.2, 0) is 16.0 Å². The predicted octanol–water partition coefficient (Wildman–Crippen LogP) is 0.685. The van der Waals surface area contributed by atoms with Crippen molar-refractivity contribution >= 4 is 23.2 Å². The second kappa shape index (κ2) is 5.12. The number of nitrogens with one attached hydrogen (secondary N) is 2. The summed E-state index contributed by atoms with van der Waals surface area (Å²) in [6, 6.07) is 1.73. The smallest absolute Gasteiger partial charge is 0.242 e. The fourth-order valence-electron chi connectivity index (χ4n) is 1.70. The summed E-state index contributed by atoms with van der Waals surface area (Å²) in [5.41, 5.74) is 1.24. The Kier molecular flexibility index (Phi) is 3.56. The van der Waals surface area contributed by atoms with Crippen LogP contribution in [0.4, 0.5) is 0 Å². The van der Waals surface area contributed by atoms with Crippen LogP contribution in [0.3, 0.4) is 0 Å². The largest absolute Gasteiger partial charge is 0.354 e. The quantitative estimate of drug-likeness (QED) is 0.810. The van der Waals surface area contributed by atoms with Crippen molar-refractivity contribution in [1.29, 1.82) is 0 Å². The lowest BCUT2D eigenvalue weighted by molar-refractivity contribution is -0.125. The lowest BCUT2D eigenvalue weighted by atomic mass is 10.2. The van der Waals surface area contributed by atoms with Crippen molar-refractivity contribution in [2.45, 2.75) is 25.3 Å². The minimum Gasteiger partial charge on any atom is -0.354 e. The zero-order chi connectivity index (χ0) is 11.4. The molecule has 0 radical (unpaired) electrons. The summed E-state index contributed by atoms with van der Waals surface area (Å²) in [6.07, 6.45) is 1.92. The van der Waals surface area contributed by atoms with E-state index in [-0.39, 0.29) is 17.9 Å². The van der Waals surface area contributed by atoms with Crippen LogP contribution in [0.5, 0.6) is 0 Å². The molecule has 1 saturated heterocycles. The van der Waals surface area contributed by atoms with E-state index in [0.717, 1.165) is 6.42 Å². The van der Waals surface area contributed by atoms with Crippen LogP contribution in [0.25, 0.3) is 0 Å². The molecule has 0 saturated carbocycles. The molecule has 2 amide bonds. The Bertz CT molecular complexity index is 375. The van der Waals surface area contributed by atoms with Crippen LogP contribution >= 0.6 is 11.3 Å². The van der Waals surface area contributed by atoms with Crippen LogP contribution in [-0.4, -0.2) is 24.4 Å². The van der Waals surface area contributed by atoms with Gasteiger partial charge in [0.15, 0.2) is 0 Å². The monoisotopic (exact) mass is 238 g/mol. The van der Waals surface area contributed by atoms with E-state index in [2.05, 4.69) is 16.0 Å². The molecule has 1 aliphatic heterocycles. The summed E-state index contributed by atoms with van der Waals surface area (Å²) in [6.45, 7) is 0.627. The Morgan fingerprint density at radius 1 is 1.62 bits per heavy atom. The molecular formula is C11H14N2O2S. The second-order valence-corrected chi connectivity index (χ2v) is 4.61. The second-order valence-electron chi connectivity index (χ2n) is 3.83. The predicted molar refractivity (Wildman–Crippen MR) is 62.2 cm³/mol. The van der Waals surface area contributed by atoms with E-state index in [1.165, 1.54) is 5.56 Å². The first-order chi connectivity index (χ1) is 7.75. The van der Waals surface area contributed by atoms with Crippen molar-refractivity contribution in [3.05, 3.63) is 22.4 Å². The molecule has 0 spiro atoms. The highest BCUT2D eigenvalue weighted by Crippen LogP contribution is 2.07. The van der Waals surface area contributed by atoms with E-state index < -0.39 is 0 Å². The van der Waals surface area contributed by atoms with Gasteiger partial charge in [-0.2, -0.15) is 11.3 Å². The van der Waals surface area contributed by atoms with Gasteiger partial charge in [0.2, 0.25) is 11.8 Å². The summed E-state index contributed by atoms with van der Waals surface area (Å²) in [4.78, 5) is 22.5. The molecule has 2 heterocycles. The Labute approximate surface area is 98.0 Å². The van der Waals surface area contributed by atoms with Gasteiger partial charge in [-0.3, -0.25) is 9.59 Å². The molecule has 16 heavy (non-hydrogen) atoms. The highest BCUT2D eigenvalue weighted by Gasteiger charge is 2.26. The molecule has 0 bridgehead atoms. The van der Waals surface area contributed by atoms with Gasteiger partial charge in [0.25, 0.3) is 0 Å². The van der Waals surface area contributed by atoms with Gasteiger partial charge in [-0.05, 0) is 35.2 Å². The number of hydrogen-bond acceptors (Lipinski definition) is 3. The maximum Gasteiger partial charge on any atom is 0.242 e. The summed E-state index contributed by atoms with van der Waals surface area (Å²) in [5, 5.41) is 9.58. The molecule has 1 unspecified atom stereocenters. The van der Waals surface area contributed by atoms with Crippen molar-refractivity contribution < 1.29 is 9.59 Å². The molecule has 2 rings (SSSR count). The number of carbonyl (C=O) groups is 2. The van der Waals surface area contributed by atoms with Gasteiger partial charge >= 0.3 is 0 Å². The molecule has 0 aromatic carbocycles. The number of thiophene rings is 1. The number of rotatable bonds is 4. The molecule has 2 N–H and O–H groups in total. The van der Waals surface area contributed by atoms with Crippen LogP contribution in [0.15, 0.2) is 16.8 Å². The van der Waals surface area contributed by atoms with Gasteiger partial charge in [-0.25, -0.2) is 0 Å². The van der Waals surface area contributed by atoms with Crippen molar-refractivity contribution in [2.24, 2.45) is 0 Å². The molecule has 1 aromatic rings. The van der Waals surface area contributed by atoms with Crippen LogP contribution < -0.4 is 10.6 Å². The molecule has 1 aromatic heterocycles. The van der Waals surface area contributed by atoms with Crippen molar-refractivity contribution in [3.63, 3.8) is 0 Å². The first-order valence-electron chi connectivity index (χ1n) is 5.34. The zero-order valence-corrected chi connectivity index (χ0v) is 9.68. The van der Waals surface area contributed by atoms with Crippen LogP contribution in [0, 0.1) is 0 Å². The lowest BCUT2D eigenvalue weighted by Gasteiger charge is -2.10. The maximum atomic E-state index is 11.6. The van der Waals surface area contributed by atoms with Gasteiger partial charge < -0.3 is 10.6 Å². The maximum absolute atomic E-state index is 11.6. The van der Waals surface area contributed by atoms with Gasteiger partial charge in [0.05, 0.1) is 0 Å². The van der Waals surface area contributed by atoms with Crippen molar-refractivity contribution in [3.8, 4) is 0 Å². The zero-order valence-electron chi connectivity index (χ0n) is 8.86. The molecule has 1 fully saturated rings. The molecule has 86 valence electrons. The molecule has 4 nitrogen and oxygen atoms in total. The SMILES string of the molecule is O=C1CCC(C(=O)NCCc2ccsc2)N1. The fourth-order valence-corrected chi connectivity index (χ4v) is 2.40. The molecule has 0 aliphatic carbocycles. The van der Waals surface area contributed by atoms with Crippen molar-refractivity contribution in [2.75, 3.05) is 6.54 Å². The molecule has 5 heteroatoms. The van der Waals surface area contributed by atoms with E-state index in [1.54, 1.807) is 11.3 Å². The first-order valence-corrected chi connectivity index (χ1v) is 6.28. The lowest BCUT2D eigenvalue weighted by Crippen LogP contribution is -2.42. The van der Waals surface area contributed by atoms with E-state index in [0.29, 0.717) is 19.4 Å². The number of carbonyl (C=O) groups excluding carboxylic acids is 2.